The quantitative estimate of drug-likeness (QED) is 0.474. The highest BCUT2D eigenvalue weighted by Gasteiger charge is 2.45. The third kappa shape index (κ3) is 5.28. The second kappa shape index (κ2) is 9.95. The predicted octanol–water partition coefficient (Wildman–Crippen LogP) is 2.74. The molecular weight excluding hydrogens is 482 g/mol. The summed E-state index contributed by atoms with van der Waals surface area (Å²) >= 11 is 12.8. The van der Waals surface area contributed by atoms with Crippen LogP contribution < -0.4 is 5.32 Å². The molecule has 1 heterocycles. The largest absolute Gasteiger partial charge is 0.394 e. The summed E-state index contributed by atoms with van der Waals surface area (Å²) in [5.74, 6) is -5.95. The molecule has 12 heteroatoms. The summed E-state index contributed by atoms with van der Waals surface area (Å²) in [6, 6.07) is 4.23. The van der Waals surface area contributed by atoms with Gasteiger partial charge < -0.3 is 25.4 Å². The number of hydrogen-bond acceptors (Lipinski definition) is 6. The Morgan fingerprint density at radius 1 is 1.06 bits per heavy atom. The van der Waals surface area contributed by atoms with Crippen molar-refractivity contribution in [1.82, 2.24) is 5.32 Å². The maximum atomic E-state index is 13.4. The monoisotopic (exact) mass is 497 g/mol. The van der Waals surface area contributed by atoms with Gasteiger partial charge in [0.25, 0.3) is 5.91 Å². The third-order valence-electron chi connectivity index (χ3n) is 4.57. The lowest BCUT2D eigenvalue weighted by atomic mass is 9.96. The fourth-order valence-corrected chi connectivity index (χ4v) is 4.43. The summed E-state index contributed by atoms with van der Waals surface area (Å²) in [7, 11) is 0. The van der Waals surface area contributed by atoms with Crippen LogP contribution in [0.5, 0.6) is 0 Å². The van der Waals surface area contributed by atoms with E-state index in [-0.39, 0.29) is 5.02 Å². The molecule has 0 saturated carbocycles. The lowest BCUT2D eigenvalue weighted by molar-refractivity contribution is -0.164. The zero-order valence-corrected chi connectivity index (χ0v) is 17.8. The molecule has 1 aliphatic heterocycles. The molecule has 0 aliphatic carbocycles. The minimum atomic E-state index is -1.74. The van der Waals surface area contributed by atoms with E-state index < -0.39 is 65.3 Å². The summed E-state index contributed by atoms with van der Waals surface area (Å²) in [6.07, 6.45) is -4.24. The summed E-state index contributed by atoms with van der Waals surface area (Å²) < 4.78 is 45.5. The standard InChI is InChI=1S/C19H16Cl2F3NO5S/c20-9-2-1-8(5-10(9)21)31-19-17(28)15(16(27)13(6-26)30-19)25-18(29)7-3-11(22)14(24)12(23)4-7/h1-5,13,15-17,19,26-28H,6H2,(H,25,29)/t13?,15?,16-,17?,19+/m0/s1. The van der Waals surface area contributed by atoms with E-state index in [0.29, 0.717) is 22.1 Å². The van der Waals surface area contributed by atoms with Crippen molar-refractivity contribution in [3.05, 3.63) is 63.4 Å². The molecule has 3 unspecified atom stereocenters. The molecule has 31 heavy (non-hydrogen) atoms. The maximum Gasteiger partial charge on any atom is 0.251 e. The number of benzene rings is 2. The Hall–Kier alpha value is -1.53. The van der Waals surface area contributed by atoms with Gasteiger partial charge >= 0.3 is 0 Å². The fraction of sp³-hybridized carbons (Fsp3) is 0.316. The first kappa shape index (κ1) is 24.1. The number of nitrogens with one attached hydrogen (secondary N) is 1. The van der Waals surface area contributed by atoms with E-state index in [1.807, 2.05) is 0 Å². The van der Waals surface area contributed by atoms with E-state index in [1.54, 1.807) is 6.07 Å². The second-order valence-electron chi connectivity index (χ2n) is 6.65. The number of halogens is 5. The minimum absolute atomic E-state index is 0.251. The van der Waals surface area contributed by atoms with E-state index in [1.165, 1.54) is 12.1 Å². The summed E-state index contributed by atoms with van der Waals surface area (Å²) in [5.41, 5.74) is -1.62. The van der Waals surface area contributed by atoms with Gasteiger partial charge in [-0.05, 0) is 30.3 Å². The lowest BCUT2D eigenvalue weighted by Gasteiger charge is -2.42. The van der Waals surface area contributed by atoms with Crippen LogP contribution >= 0.6 is 35.0 Å². The Kier molecular flexibility index (Phi) is 7.74. The average Bonchev–Trinajstić information content (AvgIpc) is 2.73. The van der Waals surface area contributed by atoms with E-state index >= 15 is 0 Å². The molecular formula is C19H16Cl2F3NO5S. The van der Waals surface area contributed by atoms with E-state index in [2.05, 4.69) is 5.32 Å². The van der Waals surface area contributed by atoms with E-state index in [4.69, 9.17) is 27.9 Å². The highest BCUT2D eigenvalue weighted by molar-refractivity contribution is 7.99. The van der Waals surface area contributed by atoms with Crippen LogP contribution in [0.2, 0.25) is 10.0 Å². The normalized spacial score (nSPS) is 26.0. The number of amides is 1. The number of thioether (sulfide) groups is 1. The number of carbonyl (C=O) groups is 1. The first-order valence-corrected chi connectivity index (χ1v) is 10.5. The highest BCUT2D eigenvalue weighted by Crippen LogP contribution is 2.36. The van der Waals surface area contributed by atoms with Gasteiger partial charge in [-0.15, -0.1) is 0 Å². The molecule has 1 aliphatic rings. The van der Waals surface area contributed by atoms with Gasteiger partial charge in [-0.3, -0.25) is 4.79 Å². The topological polar surface area (TPSA) is 99.0 Å². The van der Waals surface area contributed by atoms with Crippen molar-refractivity contribution in [3.8, 4) is 0 Å². The molecule has 0 bridgehead atoms. The molecule has 2 aromatic carbocycles. The Bertz CT molecular complexity index is 963. The smallest absolute Gasteiger partial charge is 0.251 e. The molecule has 6 nitrogen and oxygen atoms in total. The van der Waals surface area contributed by atoms with Gasteiger partial charge in [0.2, 0.25) is 0 Å². The lowest BCUT2D eigenvalue weighted by Crippen LogP contribution is -2.63. The molecule has 5 atom stereocenters. The predicted molar refractivity (Wildman–Crippen MR) is 108 cm³/mol. The number of aliphatic hydroxyl groups excluding tert-OH is 3. The van der Waals surface area contributed by atoms with Crippen molar-refractivity contribution in [1.29, 1.82) is 0 Å². The van der Waals surface area contributed by atoms with Crippen LogP contribution in [0, 0.1) is 17.5 Å². The second-order valence-corrected chi connectivity index (χ2v) is 8.64. The number of ether oxygens (including phenoxy) is 1. The van der Waals surface area contributed by atoms with Crippen molar-refractivity contribution in [2.75, 3.05) is 6.61 Å². The van der Waals surface area contributed by atoms with Crippen molar-refractivity contribution in [2.24, 2.45) is 0 Å². The van der Waals surface area contributed by atoms with Crippen LogP contribution in [0.3, 0.4) is 0 Å². The van der Waals surface area contributed by atoms with Crippen molar-refractivity contribution in [2.45, 2.75) is 34.7 Å². The highest BCUT2D eigenvalue weighted by atomic mass is 35.5. The molecule has 0 spiro atoms. The summed E-state index contributed by atoms with van der Waals surface area (Å²) in [5, 5.41) is 33.4. The molecule has 0 aromatic heterocycles. The summed E-state index contributed by atoms with van der Waals surface area (Å²) in [4.78, 5) is 13.0. The van der Waals surface area contributed by atoms with Crippen molar-refractivity contribution >= 4 is 40.9 Å². The van der Waals surface area contributed by atoms with Crippen LogP contribution in [0.4, 0.5) is 13.2 Å². The number of rotatable bonds is 5. The molecule has 2 aromatic rings. The zero-order chi connectivity index (χ0) is 22.9. The van der Waals surface area contributed by atoms with Gasteiger partial charge in [-0.2, -0.15) is 0 Å². The third-order valence-corrected chi connectivity index (χ3v) is 6.46. The van der Waals surface area contributed by atoms with Crippen molar-refractivity contribution < 1.29 is 38.0 Å². The molecule has 168 valence electrons. The number of aliphatic hydroxyl groups is 3. The first-order chi connectivity index (χ1) is 14.6. The SMILES string of the molecule is O=C(NC1C(O)[C@@H](Sc2ccc(Cl)c(Cl)c2)OC(CO)[C@@H]1O)c1cc(F)c(F)c(F)c1. The van der Waals surface area contributed by atoms with Crippen LogP contribution in [0.1, 0.15) is 10.4 Å². The van der Waals surface area contributed by atoms with Crippen LogP contribution in [0.15, 0.2) is 35.2 Å². The summed E-state index contributed by atoms with van der Waals surface area (Å²) in [6.45, 7) is -0.640. The van der Waals surface area contributed by atoms with Gasteiger partial charge in [0.15, 0.2) is 17.5 Å². The van der Waals surface area contributed by atoms with Gasteiger partial charge in [-0.1, -0.05) is 35.0 Å². The average molecular weight is 498 g/mol. The molecule has 0 radical (unpaired) electrons. The van der Waals surface area contributed by atoms with E-state index in [9.17, 15) is 33.3 Å². The molecule has 3 rings (SSSR count). The van der Waals surface area contributed by atoms with Crippen LogP contribution in [-0.2, 0) is 4.74 Å². The van der Waals surface area contributed by atoms with Crippen LogP contribution in [0.25, 0.3) is 0 Å². The van der Waals surface area contributed by atoms with Crippen LogP contribution in [-0.4, -0.2) is 57.6 Å². The Labute approximate surface area is 188 Å². The number of carbonyl (C=O) groups excluding carboxylic acids is 1. The molecule has 1 fully saturated rings. The van der Waals surface area contributed by atoms with Gasteiger partial charge in [0, 0.05) is 10.5 Å². The van der Waals surface area contributed by atoms with Gasteiger partial charge in [-0.25, -0.2) is 13.2 Å². The molecule has 1 amide bonds. The Morgan fingerprint density at radius 2 is 1.71 bits per heavy atom. The minimum Gasteiger partial charge on any atom is -0.394 e. The fourth-order valence-electron chi connectivity index (χ4n) is 2.96. The molecule has 1 saturated heterocycles. The van der Waals surface area contributed by atoms with E-state index in [0.717, 1.165) is 11.8 Å². The van der Waals surface area contributed by atoms with Crippen molar-refractivity contribution in [3.63, 3.8) is 0 Å². The maximum absolute atomic E-state index is 13.4. The number of hydrogen-bond donors (Lipinski definition) is 4. The van der Waals surface area contributed by atoms with Gasteiger partial charge in [0.1, 0.15) is 23.7 Å². The first-order valence-electron chi connectivity index (χ1n) is 8.82. The Morgan fingerprint density at radius 3 is 2.29 bits per heavy atom. The van der Waals surface area contributed by atoms with Gasteiger partial charge in [0.05, 0.1) is 22.7 Å². The zero-order valence-electron chi connectivity index (χ0n) is 15.4. The molecule has 4 N–H and O–H groups in total. The Balaban J connectivity index is 1.82.